The van der Waals surface area contributed by atoms with Crippen molar-refractivity contribution in [2.24, 2.45) is 0 Å². The van der Waals surface area contributed by atoms with Crippen molar-refractivity contribution in [3.05, 3.63) is 35.9 Å². The van der Waals surface area contributed by atoms with Gasteiger partial charge in [0.15, 0.2) is 0 Å². The van der Waals surface area contributed by atoms with E-state index in [0.717, 1.165) is 24.8 Å². The molecule has 0 aromatic heterocycles. The Bertz CT molecular complexity index is 464. The molecule has 1 aliphatic rings. The zero-order valence-corrected chi connectivity index (χ0v) is 13.5. The molecule has 1 aromatic rings. The SMILES string of the molecule is CN(C)C1CCC(NC(=O)N(CCO)Cc2ccccc2)C1. The van der Waals surface area contributed by atoms with E-state index in [4.69, 9.17) is 0 Å². The summed E-state index contributed by atoms with van der Waals surface area (Å²) in [6.07, 6.45) is 3.14. The minimum Gasteiger partial charge on any atom is -0.395 e. The number of nitrogens with one attached hydrogen (secondary N) is 1. The molecule has 2 amide bonds. The molecule has 5 heteroatoms. The maximum Gasteiger partial charge on any atom is 0.317 e. The lowest BCUT2D eigenvalue weighted by atomic mass is 10.2. The second-order valence-corrected chi connectivity index (χ2v) is 6.21. The summed E-state index contributed by atoms with van der Waals surface area (Å²) in [5, 5.41) is 12.3. The molecular weight excluding hydrogens is 278 g/mol. The van der Waals surface area contributed by atoms with Crippen LogP contribution in [0.25, 0.3) is 0 Å². The molecule has 0 saturated heterocycles. The second-order valence-electron chi connectivity index (χ2n) is 6.21. The Hall–Kier alpha value is -1.59. The third kappa shape index (κ3) is 4.71. The first-order chi connectivity index (χ1) is 10.6. The lowest BCUT2D eigenvalue weighted by Crippen LogP contribution is -2.45. The fourth-order valence-electron chi connectivity index (χ4n) is 3.00. The second kappa shape index (κ2) is 8.15. The Labute approximate surface area is 132 Å². The number of rotatable bonds is 6. The number of nitrogens with zero attached hydrogens (tertiary/aromatic N) is 2. The fourth-order valence-corrected chi connectivity index (χ4v) is 3.00. The van der Waals surface area contributed by atoms with Crippen LogP contribution in [-0.4, -0.2) is 60.3 Å². The van der Waals surface area contributed by atoms with E-state index >= 15 is 0 Å². The zero-order chi connectivity index (χ0) is 15.9. The number of hydrogen-bond acceptors (Lipinski definition) is 3. The minimum atomic E-state index is -0.0812. The average molecular weight is 305 g/mol. The van der Waals surface area contributed by atoms with Crippen LogP contribution < -0.4 is 5.32 Å². The van der Waals surface area contributed by atoms with Crippen LogP contribution in [0.1, 0.15) is 24.8 Å². The van der Waals surface area contributed by atoms with E-state index in [-0.39, 0.29) is 18.7 Å². The highest BCUT2D eigenvalue weighted by Gasteiger charge is 2.28. The fraction of sp³-hybridized carbons (Fsp3) is 0.588. The van der Waals surface area contributed by atoms with E-state index in [1.165, 1.54) is 0 Å². The molecular formula is C17H27N3O2. The van der Waals surface area contributed by atoms with Gasteiger partial charge in [-0.1, -0.05) is 30.3 Å². The van der Waals surface area contributed by atoms with Crippen molar-refractivity contribution in [2.45, 2.75) is 37.9 Å². The normalized spacial score (nSPS) is 21.1. The van der Waals surface area contributed by atoms with Crippen LogP contribution >= 0.6 is 0 Å². The predicted octanol–water partition coefficient (Wildman–Crippen LogP) is 1.67. The topological polar surface area (TPSA) is 55.8 Å². The van der Waals surface area contributed by atoms with Gasteiger partial charge < -0.3 is 20.2 Å². The Kier molecular flexibility index (Phi) is 6.21. The highest BCUT2D eigenvalue weighted by molar-refractivity contribution is 5.74. The Morgan fingerprint density at radius 3 is 2.59 bits per heavy atom. The molecule has 0 heterocycles. The highest BCUT2D eigenvalue weighted by atomic mass is 16.3. The first-order valence-electron chi connectivity index (χ1n) is 7.96. The summed E-state index contributed by atoms with van der Waals surface area (Å²) in [6, 6.07) is 10.6. The van der Waals surface area contributed by atoms with Crippen LogP contribution in [0.4, 0.5) is 4.79 Å². The number of hydrogen-bond donors (Lipinski definition) is 2. The lowest BCUT2D eigenvalue weighted by Gasteiger charge is -2.25. The van der Waals surface area contributed by atoms with Crippen LogP contribution in [0.3, 0.4) is 0 Å². The number of carbonyl (C=O) groups excluding carboxylic acids is 1. The van der Waals surface area contributed by atoms with E-state index in [9.17, 15) is 9.90 Å². The Morgan fingerprint density at radius 1 is 1.27 bits per heavy atom. The van der Waals surface area contributed by atoms with Crippen LogP contribution in [0, 0.1) is 0 Å². The van der Waals surface area contributed by atoms with Gasteiger partial charge in [0.1, 0.15) is 0 Å². The van der Waals surface area contributed by atoms with Crippen LogP contribution in [0.2, 0.25) is 0 Å². The van der Waals surface area contributed by atoms with Gasteiger partial charge in [0.25, 0.3) is 0 Å². The summed E-state index contributed by atoms with van der Waals surface area (Å²) in [5.41, 5.74) is 1.07. The third-order valence-corrected chi connectivity index (χ3v) is 4.34. The average Bonchev–Trinajstić information content (AvgIpc) is 2.96. The number of aliphatic hydroxyl groups excluding tert-OH is 1. The van der Waals surface area contributed by atoms with Gasteiger partial charge in [-0.25, -0.2) is 4.79 Å². The zero-order valence-electron chi connectivity index (χ0n) is 13.5. The van der Waals surface area contributed by atoms with E-state index in [1.807, 2.05) is 30.3 Å². The molecule has 2 N–H and O–H groups in total. The summed E-state index contributed by atoms with van der Waals surface area (Å²) in [7, 11) is 4.17. The van der Waals surface area contributed by atoms with Gasteiger partial charge in [-0.3, -0.25) is 0 Å². The van der Waals surface area contributed by atoms with Gasteiger partial charge in [-0.05, 0) is 38.9 Å². The molecule has 1 fully saturated rings. The van der Waals surface area contributed by atoms with Crippen molar-refractivity contribution in [3.63, 3.8) is 0 Å². The molecule has 1 saturated carbocycles. The van der Waals surface area contributed by atoms with E-state index in [0.29, 0.717) is 19.1 Å². The number of aliphatic hydroxyl groups is 1. The Morgan fingerprint density at radius 2 is 2.00 bits per heavy atom. The maximum absolute atomic E-state index is 12.5. The van der Waals surface area contributed by atoms with E-state index < -0.39 is 0 Å². The van der Waals surface area contributed by atoms with Gasteiger partial charge in [0, 0.05) is 25.2 Å². The van der Waals surface area contributed by atoms with Crippen LogP contribution in [0.15, 0.2) is 30.3 Å². The lowest BCUT2D eigenvalue weighted by molar-refractivity contribution is 0.170. The number of urea groups is 1. The summed E-state index contributed by atoms with van der Waals surface area (Å²) < 4.78 is 0. The van der Waals surface area contributed by atoms with Gasteiger partial charge in [-0.15, -0.1) is 0 Å². The first kappa shape index (κ1) is 16.8. The summed E-state index contributed by atoms with van der Waals surface area (Å²) >= 11 is 0. The van der Waals surface area contributed by atoms with Crippen molar-refractivity contribution < 1.29 is 9.90 Å². The van der Waals surface area contributed by atoms with E-state index in [1.54, 1.807) is 4.90 Å². The van der Waals surface area contributed by atoms with Crippen LogP contribution in [0.5, 0.6) is 0 Å². The predicted molar refractivity (Wildman–Crippen MR) is 87.6 cm³/mol. The van der Waals surface area contributed by atoms with E-state index in [2.05, 4.69) is 24.3 Å². The third-order valence-electron chi connectivity index (χ3n) is 4.34. The molecule has 2 unspecified atom stereocenters. The van der Waals surface area contributed by atoms with Gasteiger partial charge in [0.2, 0.25) is 0 Å². The van der Waals surface area contributed by atoms with Crippen molar-refractivity contribution in [1.29, 1.82) is 0 Å². The van der Waals surface area contributed by atoms with Gasteiger partial charge >= 0.3 is 6.03 Å². The minimum absolute atomic E-state index is 0.0226. The monoisotopic (exact) mass is 305 g/mol. The first-order valence-corrected chi connectivity index (χ1v) is 7.96. The standard InChI is InChI=1S/C17H27N3O2/c1-19(2)16-9-8-15(12-16)18-17(22)20(10-11-21)13-14-6-4-3-5-7-14/h3-7,15-16,21H,8-13H2,1-2H3,(H,18,22). The molecule has 5 nitrogen and oxygen atoms in total. The largest absolute Gasteiger partial charge is 0.395 e. The molecule has 1 aliphatic carbocycles. The Balaban J connectivity index is 1.90. The van der Waals surface area contributed by atoms with Gasteiger partial charge in [-0.2, -0.15) is 0 Å². The number of carbonyl (C=O) groups is 1. The maximum atomic E-state index is 12.5. The van der Waals surface area contributed by atoms with Crippen molar-refractivity contribution >= 4 is 6.03 Å². The molecule has 0 aliphatic heterocycles. The molecule has 122 valence electrons. The molecule has 22 heavy (non-hydrogen) atoms. The van der Waals surface area contributed by atoms with Gasteiger partial charge in [0.05, 0.1) is 6.61 Å². The number of benzene rings is 1. The van der Waals surface area contributed by atoms with Crippen LogP contribution in [-0.2, 0) is 6.54 Å². The van der Waals surface area contributed by atoms with Crippen molar-refractivity contribution in [3.8, 4) is 0 Å². The van der Waals surface area contributed by atoms with Crippen molar-refractivity contribution in [1.82, 2.24) is 15.1 Å². The molecule has 2 atom stereocenters. The summed E-state index contributed by atoms with van der Waals surface area (Å²) in [4.78, 5) is 16.4. The molecule has 0 spiro atoms. The molecule has 0 radical (unpaired) electrons. The number of amides is 2. The van der Waals surface area contributed by atoms with Crippen molar-refractivity contribution in [2.75, 3.05) is 27.2 Å². The molecule has 1 aromatic carbocycles. The quantitative estimate of drug-likeness (QED) is 0.840. The molecule has 0 bridgehead atoms. The smallest absolute Gasteiger partial charge is 0.317 e. The summed E-state index contributed by atoms with van der Waals surface area (Å²) in [5.74, 6) is 0. The highest BCUT2D eigenvalue weighted by Crippen LogP contribution is 2.22. The molecule has 2 rings (SSSR count). The summed E-state index contributed by atoms with van der Waals surface area (Å²) in [6.45, 7) is 0.854.